The topological polar surface area (TPSA) is 119 Å². The van der Waals surface area contributed by atoms with Crippen LogP contribution in [0.2, 0.25) is 0 Å². The van der Waals surface area contributed by atoms with Gasteiger partial charge in [0, 0.05) is 38.8 Å². The van der Waals surface area contributed by atoms with Crippen LogP contribution in [0.1, 0.15) is 38.4 Å². The third kappa shape index (κ3) is 6.70. The summed E-state index contributed by atoms with van der Waals surface area (Å²) >= 11 is 0. The van der Waals surface area contributed by atoms with Crippen LogP contribution < -0.4 is 4.74 Å². The average Bonchev–Trinajstić information content (AvgIpc) is 3.36. The summed E-state index contributed by atoms with van der Waals surface area (Å²) in [5.41, 5.74) is 5.28. The van der Waals surface area contributed by atoms with E-state index in [1.54, 1.807) is 68.8 Å². The Hall–Kier alpha value is -5.11. The van der Waals surface area contributed by atoms with E-state index in [0.717, 1.165) is 11.1 Å². The van der Waals surface area contributed by atoms with Gasteiger partial charge in [0.1, 0.15) is 18.2 Å². The Balaban J connectivity index is 1.36. The van der Waals surface area contributed by atoms with Gasteiger partial charge in [0.05, 0.1) is 47.1 Å². The first-order valence-corrected chi connectivity index (χ1v) is 13.5. The number of hydrogen-bond donors (Lipinski definition) is 1. The van der Waals surface area contributed by atoms with Crippen LogP contribution in [0.25, 0.3) is 22.3 Å². The molecule has 5 rings (SSSR count). The van der Waals surface area contributed by atoms with Gasteiger partial charge in [-0.15, -0.1) is 0 Å². The lowest BCUT2D eigenvalue weighted by molar-refractivity contribution is 0.0697. The van der Waals surface area contributed by atoms with Crippen molar-refractivity contribution in [1.82, 2.24) is 14.5 Å². The summed E-state index contributed by atoms with van der Waals surface area (Å²) in [4.78, 5) is 20.7. The van der Waals surface area contributed by atoms with Crippen molar-refractivity contribution in [2.24, 2.45) is 0 Å². The number of carboxylic acid groups (broad SMARTS) is 1. The molecule has 0 aliphatic heterocycles. The number of nitriles is 1. The fourth-order valence-corrected chi connectivity index (χ4v) is 4.83. The van der Waals surface area contributed by atoms with Crippen molar-refractivity contribution in [3.63, 3.8) is 0 Å². The number of nitrogens with zero attached hydrogens (tertiary/aromatic N) is 4. The average molecular weight is 581 g/mol. The highest BCUT2D eigenvalue weighted by Crippen LogP contribution is 2.26. The van der Waals surface area contributed by atoms with Gasteiger partial charge in [0.2, 0.25) is 5.88 Å². The molecule has 10 heteroatoms. The number of aromatic carboxylic acids is 1. The van der Waals surface area contributed by atoms with E-state index >= 15 is 4.39 Å². The third-order valence-corrected chi connectivity index (χ3v) is 7.02. The molecule has 3 aromatic carbocycles. The fourth-order valence-electron chi connectivity index (χ4n) is 4.83. The minimum Gasteiger partial charge on any atom is -0.478 e. The minimum atomic E-state index is -1.03. The first kappa shape index (κ1) is 29.4. The number of pyridine rings is 1. The van der Waals surface area contributed by atoms with Crippen molar-refractivity contribution in [3.05, 3.63) is 112 Å². The lowest BCUT2D eigenvalue weighted by Crippen LogP contribution is -2.10. The summed E-state index contributed by atoms with van der Waals surface area (Å²) in [7, 11) is 3.17. The van der Waals surface area contributed by atoms with Crippen molar-refractivity contribution in [2.45, 2.75) is 26.2 Å². The zero-order valence-electron chi connectivity index (χ0n) is 23.7. The van der Waals surface area contributed by atoms with E-state index < -0.39 is 11.8 Å². The molecule has 9 nitrogen and oxygen atoms in total. The van der Waals surface area contributed by atoms with Crippen LogP contribution in [0.15, 0.2) is 72.8 Å². The molecule has 0 aliphatic carbocycles. The van der Waals surface area contributed by atoms with Gasteiger partial charge >= 0.3 is 5.97 Å². The molecule has 0 aliphatic rings. The van der Waals surface area contributed by atoms with E-state index in [9.17, 15) is 15.2 Å². The maximum Gasteiger partial charge on any atom is 0.335 e. The summed E-state index contributed by atoms with van der Waals surface area (Å²) in [6.45, 7) is 1.41. The van der Waals surface area contributed by atoms with E-state index in [0.29, 0.717) is 64.9 Å². The van der Waals surface area contributed by atoms with Gasteiger partial charge in [-0.3, -0.25) is 0 Å². The van der Waals surface area contributed by atoms with E-state index in [1.807, 2.05) is 10.6 Å². The molecule has 0 spiro atoms. The summed E-state index contributed by atoms with van der Waals surface area (Å²) in [5, 5.41) is 18.6. The number of rotatable bonds is 12. The van der Waals surface area contributed by atoms with Crippen LogP contribution in [-0.4, -0.2) is 46.4 Å². The Morgan fingerprint density at radius 2 is 1.79 bits per heavy atom. The number of ether oxygens (including phenoxy) is 3. The van der Waals surface area contributed by atoms with Crippen molar-refractivity contribution in [3.8, 4) is 23.2 Å². The fraction of sp³-hybridized carbons (Fsp3) is 0.212. The molecule has 2 heterocycles. The number of fused-ring (bicyclic) bond motifs is 1. The SMILES string of the molecule is COCCn1c(Cc2ccc(-c3cccc(OCc4ccc(C#N)cc4COC)n3)cc2F)nc2ccc(C(=O)O)cc21. The van der Waals surface area contributed by atoms with Crippen LogP contribution >= 0.6 is 0 Å². The summed E-state index contributed by atoms with van der Waals surface area (Å²) in [6.07, 6.45) is 0.206. The number of methoxy groups -OCH3 is 2. The second-order valence-corrected chi connectivity index (χ2v) is 9.84. The number of aromatic nitrogens is 3. The molecule has 0 atom stereocenters. The standard InChI is InChI=1S/C33H29FN4O5/c1-41-13-12-38-30-16-24(33(39)40)10-11-29(30)36-31(38)17-22-8-9-23(15-27(22)34)28-4-3-5-32(37-28)43-20-25-7-6-21(18-35)14-26(25)19-42-2/h3-11,14-16H,12-13,17,19-20H2,1-2H3,(H,39,40). The summed E-state index contributed by atoms with van der Waals surface area (Å²) < 4.78 is 33.8. The minimum absolute atomic E-state index is 0.152. The molecule has 0 fully saturated rings. The van der Waals surface area contributed by atoms with E-state index in [1.165, 1.54) is 12.1 Å². The number of imidazole rings is 1. The maximum atomic E-state index is 15.4. The normalized spacial score (nSPS) is 11.0. The molecule has 5 aromatic rings. The van der Waals surface area contributed by atoms with Crippen LogP contribution in [0.5, 0.6) is 5.88 Å². The van der Waals surface area contributed by atoms with Gasteiger partial charge in [0.15, 0.2) is 0 Å². The van der Waals surface area contributed by atoms with E-state index in [2.05, 4.69) is 16.0 Å². The number of carbonyl (C=O) groups is 1. The lowest BCUT2D eigenvalue weighted by atomic mass is 10.1. The largest absolute Gasteiger partial charge is 0.478 e. The first-order valence-electron chi connectivity index (χ1n) is 13.5. The van der Waals surface area contributed by atoms with E-state index in [4.69, 9.17) is 14.2 Å². The van der Waals surface area contributed by atoms with Crippen molar-refractivity contribution in [2.75, 3.05) is 20.8 Å². The molecule has 1 N–H and O–H groups in total. The number of hydrogen-bond acceptors (Lipinski definition) is 7. The van der Waals surface area contributed by atoms with Crippen molar-refractivity contribution < 1.29 is 28.5 Å². The van der Waals surface area contributed by atoms with Gasteiger partial charge in [-0.25, -0.2) is 19.2 Å². The highest BCUT2D eigenvalue weighted by atomic mass is 19.1. The molecule has 0 bridgehead atoms. The monoisotopic (exact) mass is 580 g/mol. The summed E-state index contributed by atoms with van der Waals surface area (Å²) in [6, 6.07) is 22.4. The smallest absolute Gasteiger partial charge is 0.335 e. The Kier molecular flexibility index (Phi) is 9.05. The Morgan fingerprint density at radius 3 is 2.53 bits per heavy atom. The molecule has 0 unspecified atom stereocenters. The molecule has 0 amide bonds. The molecule has 2 aromatic heterocycles. The van der Waals surface area contributed by atoms with Crippen LogP contribution in [0, 0.1) is 17.1 Å². The van der Waals surface area contributed by atoms with Crippen molar-refractivity contribution >= 4 is 17.0 Å². The second-order valence-electron chi connectivity index (χ2n) is 9.84. The highest BCUT2D eigenvalue weighted by molar-refractivity contribution is 5.92. The van der Waals surface area contributed by atoms with Gasteiger partial charge in [-0.2, -0.15) is 5.26 Å². The molecule has 0 saturated heterocycles. The van der Waals surface area contributed by atoms with Gasteiger partial charge in [-0.05, 0) is 59.2 Å². The number of carboxylic acids is 1. The quantitative estimate of drug-likeness (QED) is 0.198. The zero-order valence-corrected chi connectivity index (χ0v) is 23.7. The second kappa shape index (κ2) is 13.2. The maximum absolute atomic E-state index is 15.4. The Morgan fingerprint density at radius 1 is 0.953 bits per heavy atom. The van der Waals surface area contributed by atoms with E-state index in [-0.39, 0.29) is 18.6 Å². The number of halogens is 1. The van der Waals surface area contributed by atoms with Gasteiger partial charge in [0.25, 0.3) is 0 Å². The van der Waals surface area contributed by atoms with Gasteiger partial charge < -0.3 is 23.9 Å². The molecule has 0 saturated carbocycles. The lowest BCUT2D eigenvalue weighted by Gasteiger charge is -2.12. The van der Waals surface area contributed by atoms with Crippen LogP contribution in [0.3, 0.4) is 0 Å². The molecule has 218 valence electrons. The zero-order chi connectivity index (χ0) is 30.3. The predicted molar refractivity (Wildman–Crippen MR) is 157 cm³/mol. The molecule has 43 heavy (non-hydrogen) atoms. The first-order chi connectivity index (χ1) is 20.9. The Labute approximate surface area is 247 Å². The molecular weight excluding hydrogens is 551 g/mol. The number of benzene rings is 3. The van der Waals surface area contributed by atoms with Crippen LogP contribution in [-0.2, 0) is 35.7 Å². The highest BCUT2D eigenvalue weighted by Gasteiger charge is 2.16. The van der Waals surface area contributed by atoms with Crippen molar-refractivity contribution in [1.29, 1.82) is 5.26 Å². The summed E-state index contributed by atoms with van der Waals surface area (Å²) in [5.74, 6) is -0.463. The predicted octanol–water partition coefficient (Wildman–Crippen LogP) is 5.77. The molecular formula is C33H29FN4O5. The van der Waals surface area contributed by atoms with Crippen LogP contribution in [0.4, 0.5) is 4.39 Å². The molecule has 0 radical (unpaired) electrons. The van der Waals surface area contributed by atoms with Gasteiger partial charge in [-0.1, -0.05) is 24.3 Å². The Bertz CT molecular complexity index is 1830. The third-order valence-electron chi connectivity index (χ3n) is 7.02.